The predicted octanol–water partition coefficient (Wildman–Crippen LogP) is 2.90. The van der Waals surface area contributed by atoms with Crippen LogP contribution in [0, 0.1) is 0 Å². The number of para-hydroxylation sites is 1. The number of rotatable bonds is 6. The van der Waals surface area contributed by atoms with Crippen LogP contribution in [0.25, 0.3) is 0 Å². The van der Waals surface area contributed by atoms with Gasteiger partial charge in [-0.15, -0.1) is 0 Å². The Bertz CT molecular complexity index is 1090. The van der Waals surface area contributed by atoms with Crippen LogP contribution >= 0.6 is 0 Å². The fourth-order valence-corrected chi connectivity index (χ4v) is 6.89. The van der Waals surface area contributed by atoms with Crippen molar-refractivity contribution in [2.24, 2.45) is 0 Å². The Labute approximate surface area is 163 Å². The lowest BCUT2D eigenvalue weighted by atomic mass is 10.3. The number of carbonyl (C=O) groups excluding carboxylic acids is 1. The molecule has 3 aromatic rings. The molecule has 28 heavy (non-hydrogen) atoms. The second-order valence-corrected chi connectivity index (χ2v) is 10.3. The molecule has 0 aliphatic heterocycles. The average molecular weight is 415 g/mol. The molecule has 1 N–H and O–H groups in total. The highest BCUT2D eigenvalue weighted by Crippen LogP contribution is 2.27. The van der Waals surface area contributed by atoms with Gasteiger partial charge in [0.1, 0.15) is 0 Å². The quantitative estimate of drug-likeness (QED) is 0.668. The molecule has 0 bridgehead atoms. The van der Waals surface area contributed by atoms with Crippen LogP contribution in [0.4, 0.5) is 5.69 Å². The van der Waals surface area contributed by atoms with Gasteiger partial charge in [-0.2, -0.15) is 0 Å². The average Bonchev–Trinajstić information content (AvgIpc) is 2.70. The van der Waals surface area contributed by atoms with Crippen molar-refractivity contribution in [3.05, 3.63) is 91.0 Å². The molecule has 0 saturated carbocycles. The number of amides is 1. The van der Waals surface area contributed by atoms with E-state index >= 15 is 0 Å². The largest absolute Gasteiger partial charge is 0.324 e. The molecule has 0 atom stereocenters. The Morgan fingerprint density at radius 1 is 0.607 bits per heavy atom. The van der Waals surface area contributed by atoms with E-state index in [4.69, 9.17) is 0 Å². The summed E-state index contributed by atoms with van der Waals surface area (Å²) in [5.41, 5.74) is 0.295. The van der Waals surface area contributed by atoms with E-state index < -0.39 is 30.2 Å². The summed E-state index contributed by atoms with van der Waals surface area (Å²) in [5.74, 6) is -1.14. The first-order valence-corrected chi connectivity index (χ1v) is 11.4. The van der Waals surface area contributed by atoms with Gasteiger partial charge in [0, 0.05) is 5.69 Å². The Balaban J connectivity index is 2.13. The summed E-state index contributed by atoms with van der Waals surface area (Å²) in [5, 5.41) is 2.40. The topological polar surface area (TPSA) is 97.4 Å². The van der Waals surface area contributed by atoms with Gasteiger partial charge >= 0.3 is 0 Å². The van der Waals surface area contributed by atoms with E-state index in [1.807, 2.05) is 0 Å². The summed E-state index contributed by atoms with van der Waals surface area (Å²) in [7, 11) is -9.05. The standard InChI is InChI=1S/C20H17NO5S2/c22-19(21-16-10-4-1-5-11-16)20(27(23,24)17-12-6-2-7-13-17)28(25,26)18-14-8-3-9-15-18/h1-15,20H,(H,21,22). The lowest BCUT2D eigenvalue weighted by molar-refractivity contribution is -0.114. The highest BCUT2D eigenvalue weighted by Gasteiger charge is 2.45. The molecule has 0 aromatic heterocycles. The van der Waals surface area contributed by atoms with Gasteiger partial charge in [-0.25, -0.2) is 16.8 Å². The highest BCUT2D eigenvalue weighted by atomic mass is 32.3. The van der Waals surface area contributed by atoms with E-state index in [1.54, 1.807) is 42.5 Å². The minimum absolute atomic E-state index is 0.247. The van der Waals surface area contributed by atoms with Gasteiger partial charge in [0.25, 0.3) is 5.91 Å². The molecule has 3 aromatic carbocycles. The predicted molar refractivity (Wildman–Crippen MR) is 106 cm³/mol. The summed E-state index contributed by atoms with van der Waals surface area (Å²) in [6, 6.07) is 22.2. The molecular weight excluding hydrogens is 398 g/mol. The van der Waals surface area contributed by atoms with Crippen molar-refractivity contribution < 1.29 is 21.6 Å². The number of benzene rings is 3. The third kappa shape index (κ3) is 3.97. The van der Waals surface area contributed by atoms with Crippen molar-refractivity contribution in [1.29, 1.82) is 0 Å². The van der Waals surface area contributed by atoms with Crippen molar-refractivity contribution in [2.75, 3.05) is 5.32 Å². The molecular formula is C20H17NO5S2. The normalized spacial score (nSPS) is 11.9. The molecule has 0 saturated heterocycles. The minimum Gasteiger partial charge on any atom is -0.324 e. The molecule has 8 heteroatoms. The first-order chi connectivity index (χ1) is 13.3. The van der Waals surface area contributed by atoms with E-state index in [2.05, 4.69) is 5.32 Å². The molecule has 0 unspecified atom stereocenters. The van der Waals surface area contributed by atoms with Gasteiger partial charge in [-0.1, -0.05) is 54.6 Å². The molecule has 0 fully saturated rings. The number of hydrogen-bond donors (Lipinski definition) is 1. The molecule has 0 radical (unpaired) electrons. The van der Waals surface area contributed by atoms with Crippen LogP contribution in [0.5, 0.6) is 0 Å². The van der Waals surface area contributed by atoms with Crippen LogP contribution in [-0.2, 0) is 24.5 Å². The van der Waals surface area contributed by atoms with Crippen molar-refractivity contribution in [1.82, 2.24) is 0 Å². The second-order valence-electron chi connectivity index (χ2n) is 5.90. The van der Waals surface area contributed by atoms with E-state index in [9.17, 15) is 21.6 Å². The van der Waals surface area contributed by atoms with Crippen LogP contribution in [0.15, 0.2) is 101 Å². The molecule has 0 aliphatic carbocycles. The van der Waals surface area contributed by atoms with Gasteiger partial charge in [0.2, 0.25) is 24.3 Å². The fraction of sp³-hybridized carbons (Fsp3) is 0.0500. The molecule has 144 valence electrons. The summed E-state index contributed by atoms with van der Waals surface area (Å²) in [4.78, 5) is 12.4. The van der Waals surface area contributed by atoms with Crippen molar-refractivity contribution in [3.63, 3.8) is 0 Å². The van der Waals surface area contributed by atoms with Gasteiger partial charge in [-0.05, 0) is 36.4 Å². The Morgan fingerprint density at radius 2 is 0.964 bits per heavy atom. The van der Waals surface area contributed by atoms with Crippen LogP contribution in [-0.4, -0.2) is 27.3 Å². The van der Waals surface area contributed by atoms with Crippen molar-refractivity contribution >= 4 is 31.3 Å². The lowest BCUT2D eigenvalue weighted by Crippen LogP contribution is -2.41. The fourth-order valence-electron chi connectivity index (χ4n) is 2.64. The highest BCUT2D eigenvalue weighted by molar-refractivity contribution is 8.10. The van der Waals surface area contributed by atoms with Crippen LogP contribution in [0.1, 0.15) is 0 Å². The number of anilines is 1. The molecule has 0 heterocycles. The summed E-state index contributed by atoms with van der Waals surface area (Å²) < 4.78 is 50.2. The Hall–Kier alpha value is -2.97. The van der Waals surface area contributed by atoms with Crippen LogP contribution in [0.3, 0.4) is 0 Å². The summed E-state index contributed by atoms with van der Waals surface area (Å²) in [6.07, 6.45) is 0. The van der Waals surface area contributed by atoms with Gasteiger partial charge in [-0.3, -0.25) is 4.79 Å². The lowest BCUT2D eigenvalue weighted by Gasteiger charge is -2.18. The number of nitrogens with one attached hydrogen (secondary N) is 1. The Morgan fingerprint density at radius 3 is 1.36 bits per heavy atom. The first-order valence-electron chi connectivity index (χ1n) is 8.27. The van der Waals surface area contributed by atoms with E-state index in [1.165, 1.54) is 48.5 Å². The van der Waals surface area contributed by atoms with Gasteiger partial charge in [0.05, 0.1) is 9.79 Å². The zero-order chi connectivity index (χ0) is 20.2. The molecule has 0 aliphatic rings. The third-order valence-corrected chi connectivity index (χ3v) is 8.90. The number of sulfone groups is 2. The van der Waals surface area contributed by atoms with Crippen LogP contribution < -0.4 is 5.32 Å². The summed E-state index contributed by atoms with van der Waals surface area (Å²) >= 11 is 0. The maximum atomic E-state index is 13.1. The number of carbonyl (C=O) groups is 1. The van der Waals surface area contributed by atoms with E-state index in [0.717, 1.165) is 0 Å². The SMILES string of the molecule is O=C(Nc1ccccc1)C(S(=O)(=O)c1ccccc1)S(=O)(=O)c1ccccc1. The first kappa shape index (κ1) is 19.8. The molecule has 6 nitrogen and oxygen atoms in total. The maximum absolute atomic E-state index is 13.1. The Kier molecular flexibility index (Phi) is 5.62. The van der Waals surface area contributed by atoms with Gasteiger partial charge in [0.15, 0.2) is 0 Å². The molecule has 1 amide bonds. The van der Waals surface area contributed by atoms with Crippen molar-refractivity contribution in [3.8, 4) is 0 Å². The smallest absolute Gasteiger partial charge is 0.259 e. The minimum atomic E-state index is -4.53. The second kappa shape index (κ2) is 7.95. The third-order valence-electron chi connectivity index (χ3n) is 3.96. The summed E-state index contributed by atoms with van der Waals surface area (Å²) in [6.45, 7) is 0. The van der Waals surface area contributed by atoms with Crippen LogP contribution in [0.2, 0.25) is 0 Å². The van der Waals surface area contributed by atoms with Crippen molar-refractivity contribution in [2.45, 2.75) is 14.4 Å². The van der Waals surface area contributed by atoms with E-state index in [-0.39, 0.29) is 9.79 Å². The molecule has 0 spiro atoms. The zero-order valence-electron chi connectivity index (χ0n) is 14.6. The van der Waals surface area contributed by atoms with E-state index in [0.29, 0.717) is 5.69 Å². The number of hydrogen-bond acceptors (Lipinski definition) is 5. The van der Waals surface area contributed by atoms with Gasteiger partial charge < -0.3 is 5.32 Å². The zero-order valence-corrected chi connectivity index (χ0v) is 16.2. The molecule has 3 rings (SSSR count). The monoisotopic (exact) mass is 415 g/mol. The maximum Gasteiger partial charge on any atom is 0.259 e.